The van der Waals surface area contributed by atoms with Crippen molar-refractivity contribution < 1.29 is 9.84 Å². The number of methoxy groups -OCH3 is 1. The van der Waals surface area contributed by atoms with Crippen LogP contribution in [0.1, 0.15) is 30.9 Å². The van der Waals surface area contributed by atoms with E-state index in [0.717, 1.165) is 37.7 Å². The third-order valence-corrected chi connectivity index (χ3v) is 4.79. The molecule has 0 radical (unpaired) electrons. The highest BCUT2D eigenvalue weighted by atomic mass is 35.5. The fraction of sp³-hybridized carbons (Fsp3) is 0.625. The van der Waals surface area contributed by atoms with E-state index in [1.807, 2.05) is 12.1 Å². The Balaban J connectivity index is 0.00000132. The molecule has 1 saturated carbocycles. The standard InChI is InChI=1S/C16H23ClN2O2.2ClH/c1-21-15-10-12(9-13(17)16(15)20)14(8-11-2-3-11)19-6-4-18-5-7-19;;/h9-11,14,18,20H,2-8H2,1H3;2*1H/t14-;;/m0../s1. The van der Waals surface area contributed by atoms with Gasteiger partial charge < -0.3 is 15.2 Å². The first-order valence-electron chi connectivity index (χ1n) is 7.70. The summed E-state index contributed by atoms with van der Waals surface area (Å²) in [4.78, 5) is 2.52. The predicted octanol–water partition coefficient (Wildman–Crippen LogP) is 3.64. The van der Waals surface area contributed by atoms with Gasteiger partial charge in [-0.3, -0.25) is 4.90 Å². The molecule has 3 rings (SSSR count). The second kappa shape index (κ2) is 9.19. The number of benzene rings is 1. The fourth-order valence-corrected chi connectivity index (χ4v) is 3.32. The predicted molar refractivity (Wildman–Crippen MR) is 98.7 cm³/mol. The molecular weight excluding hydrogens is 359 g/mol. The van der Waals surface area contributed by atoms with Crippen molar-refractivity contribution in [3.05, 3.63) is 22.7 Å². The van der Waals surface area contributed by atoms with Gasteiger partial charge in [0.25, 0.3) is 0 Å². The Hall–Kier alpha value is -0.390. The Labute approximate surface area is 155 Å². The second-order valence-corrected chi connectivity index (χ2v) is 6.44. The second-order valence-electron chi connectivity index (χ2n) is 6.03. The molecule has 4 nitrogen and oxygen atoms in total. The molecule has 1 aliphatic heterocycles. The van der Waals surface area contributed by atoms with Gasteiger partial charge in [0.2, 0.25) is 0 Å². The van der Waals surface area contributed by atoms with Gasteiger partial charge in [0.1, 0.15) is 0 Å². The van der Waals surface area contributed by atoms with E-state index in [-0.39, 0.29) is 30.6 Å². The smallest absolute Gasteiger partial charge is 0.176 e. The van der Waals surface area contributed by atoms with E-state index in [9.17, 15) is 5.11 Å². The topological polar surface area (TPSA) is 44.7 Å². The van der Waals surface area contributed by atoms with Gasteiger partial charge in [-0.2, -0.15) is 0 Å². The zero-order valence-electron chi connectivity index (χ0n) is 13.3. The minimum Gasteiger partial charge on any atom is -0.503 e. The molecule has 2 aliphatic rings. The van der Waals surface area contributed by atoms with Crippen molar-refractivity contribution in [3.8, 4) is 11.5 Å². The van der Waals surface area contributed by atoms with E-state index >= 15 is 0 Å². The van der Waals surface area contributed by atoms with Crippen LogP contribution in [0.25, 0.3) is 0 Å². The van der Waals surface area contributed by atoms with Gasteiger partial charge in [0, 0.05) is 32.2 Å². The summed E-state index contributed by atoms with van der Waals surface area (Å²) >= 11 is 6.17. The maximum atomic E-state index is 9.93. The highest BCUT2D eigenvalue weighted by Gasteiger charge is 2.31. The first-order chi connectivity index (χ1) is 10.2. The lowest BCUT2D eigenvalue weighted by Gasteiger charge is -2.35. The van der Waals surface area contributed by atoms with Gasteiger partial charge in [0.05, 0.1) is 12.1 Å². The van der Waals surface area contributed by atoms with Crippen LogP contribution in [-0.2, 0) is 0 Å². The van der Waals surface area contributed by atoms with Crippen molar-refractivity contribution in [3.63, 3.8) is 0 Å². The largest absolute Gasteiger partial charge is 0.503 e. The van der Waals surface area contributed by atoms with Crippen LogP contribution in [0.5, 0.6) is 11.5 Å². The maximum absolute atomic E-state index is 9.93. The zero-order valence-corrected chi connectivity index (χ0v) is 15.6. The summed E-state index contributed by atoms with van der Waals surface area (Å²) < 4.78 is 5.26. The van der Waals surface area contributed by atoms with E-state index < -0.39 is 0 Å². The van der Waals surface area contributed by atoms with Crippen LogP contribution in [0.3, 0.4) is 0 Å². The average Bonchev–Trinajstić information content (AvgIpc) is 3.32. The molecule has 7 heteroatoms. The molecule has 1 saturated heterocycles. The minimum absolute atomic E-state index is 0. The molecule has 0 bridgehead atoms. The van der Waals surface area contributed by atoms with Crippen LogP contribution in [0, 0.1) is 5.92 Å². The number of phenolic OH excluding ortho intramolecular Hbond substituents is 1. The third kappa shape index (κ3) is 5.04. The molecule has 0 amide bonds. The lowest BCUT2D eigenvalue weighted by molar-refractivity contribution is 0.160. The molecule has 0 spiro atoms. The average molecular weight is 384 g/mol. The van der Waals surface area contributed by atoms with Crippen LogP contribution >= 0.6 is 36.4 Å². The number of aromatic hydroxyl groups is 1. The molecule has 1 heterocycles. The monoisotopic (exact) mass is 382 g/mol. The molecule has 0 unspecified atom stereocenters. The van der Waals surface area contributed by atoms with E-state index in [1.54, 1.807) is 7.11 Å². The summed E-state index contributed by atoms with van der Waals surface area (Å²) in [6.45, 7) is 4.17. The molecule has 2 N–H and O–H groups in total. The highest BCUT2D eigenvalue weighted by molar-refractivity contribution is 6.32. The number of phenols is 1. The van der Waals surface area contributed by atoms with Crippen molar-refractivity contribution in [1.82, 2.24) is 10.2 Å². The maximum Gasteiger partial charge on any atom is 0.176 e. The number of rotatable bonds is 5. The lowest BCUT2D eigenvalue weighted by Crippen LogP contribution is -2.45. The molecule has 1 aliphatic carbocycles. The number of ether oxygens (including phenoxy) is 1. The van der Waals surface area contributed by atoms with Crippen LogP contribution in [0.4, 0.5) is 0 Å². The van der Waals surface area contributed by atoms with Crippen molar-refractivity contribution in [2.24, 2.45) is 5.92 Å². The van der Waals surface area contributed by atoms with Gasteiger partial charge in [-0.15, -0.1) is 24.8 Å². The molecule has 132 valence electrons. The first-order valence-corrected chi connectivity index (χ1v) is 8.08. The Bertz CT molecular complexity index is 506. The SMILES string of the molecule is COc1cc([C@H](CC2CC2)N2CCNCC2)cc(Cl)c1O.Cl.Cl. The van der Waals surface area contributed by atoms with Gasteiger partial charge >= 0.3 is 0 Å². The normalized spacial score (nSPS) is 19.4. The molecule has 1 atom stereocenters. The molecule has 0 aromatic heterocycles. The quantitative estimate of drug-likeness (QED) is 0.815. The molecule has 1 aromatic rings. The minimum atomic E-state index is 0. The number of piperazine rings is 1. The Morgan fingerprint density at radius 3 is 2.52 bits per heavy atom. The summed E-state index contributed by atoms with van der Waals surface area (Å²) in [7, 11) is 1.57. The molecule has 1 aromatic carbocycles. The lowest BCUT2D eigenvalue weighted by atomic mass is 9.98. The van der Waals surface area contributed by atoms with Crippen molar-refractivity contribution in [2.45, 2.75) is 25.3 Å². The Kier molecular flexibility index (Phi) is 8.25. The van der Waals surface area contributed by atoms with Crippen LogP contribution < -0.4 is 10.1 Å². The van der Waals surface area contributed by atoms with E-state index in [1.165, 1.54) is 19.3 Å². The van der Waals surface area contributed by atoms with Gasteiger partial charge in [-0.25, -0.2) is 0 Å². The van der Waals surface area contributed by atoms with Crippen LogP contribution in [0.15, 0.2) is 12.1 Å². The Morgan fingerprint density at radius 2 is 1.96 bits per heavy atom. The number of nitrogens with one attached hydrogen (secondary N) is 1. The number of hydrogen-bond donors (Lipinski definition) is 2. The number of hydrogen-bond acceptors (Lipinski definition) is 4. The fourth-order valence-electron chi connectivity index (χ4n) is 3.10. The van der Waals surface area contributed by atoms with Gasteiger partial charge in [0.15, 0.2) is 11.5 Å². The summed E-state index contributed by atoms with van der Waals surface area (Å²) in [5.74, 6) is 1.34. The summed E-state index contributed by atoms with van der Waals surface area (Å²) in [5.41, 5.74) is 1.16. The van der Waals surface area contributed by atoms with Gasteiger partial charge in [-0.05, 0) is 30.0 Å². The van der Waals surface area contributed by atoms with Crippen molar-refractivity contribution in [2.75, 3.05) is 33.3 Å². The number of nitrogens with zero attached hydrogens (tertiary/aromatic N) is 1. The summed E-state index contributed by atoms with van der Waals surface area (Å²) in [6.07, 6.45) is 3.85. The molecular formula is C16H25Cl3N2O2. The molecule has 23 heavy (non-hydrogen) atoms. The van der Waals surface area contributed by atoms with Crippen molar-refractivity contribution in [1.29, 1.82) is 0 Å². The van der Waals surface area contributed by atoms with Crippen LogP contribution in [-0.4, -0.2) is 43.3 Å². The zero-order chi connectivity index (χ0) is 14.8. The first kappa shape index (κ1) is 20.7. The highest BCUT2D eigenvalue weighted by Crippen LogP contribution is 2.43. The summed E-state index contributed by atoms with van der Waals surface area (Å²) in [6, 6.07) is 4.21. The van der Waals surface area contributed by atoms with E-state index in [2.05, 4.69) is 10.2 Å². The van der Waals surface area contributed by atoms with Gasteiger partial charge in [-0.1, -0.05) is 24.4 Å². The van der Waals surface area contributed by atoms with E-state index in [0.29, 0.717) is 16.8 Å². The summed E-state index contributed by atoms with van der Waals surface area (Å²) in [5, 5.41) is 13.7. The third-order valence-electron chi connectivity index (χ3n) is 4.50. The number of halogens is 3. The van der Waals surface area contributed by atoms with E-state index in [4.69, 9.17) is 16.3 Å². The Morgan fingerprint density at radius 1 is 1.30 bits per heavy atom. The van der Waals surface area contributed by atoms with Crippen molar-refractivity contribution >= 4 is 36.4 Å². The molecule has 2 fully saturated rings. The van der Waals surface area contributed by atoms with Crippen LogP contribution in [0.2, 0.25) is 5.02 Å².